The first-order valence-corrected chi connectivity index (χ1v) is 8.23. The molecule has 1 aliphatic heterocycles. The largest absolute Gasteiger partial charge is 0.394 e. The van der Waals surface area contributed by atoms with Crippen molar-refractivity contribution in [1.82, 2.24) is 4.90 Å². The van der Waals surface area contributed by atoms with Crippen LogP contribution in [0.25, 0.3) is 0 Å². The molecule has 4 nitrogen and oxygen atoms in total. The molecule has 0 aromatic heterocycles. The third-order valence-electron chi connectivity index (χ3n) is 3.98. The van der Waals surface area contributed by atoms with Crippen LogP contribution in [0.1, 0.15) is 25.8 Å². The van der Waals surface area contributed by atoms with Crippen LogP contribution in [0.2, 0.25) is 5.02 Å². The minimum atomic E-state index is -1.56. The van der Waals surface area contributed by atoms with Crippen LogP contribution < -0.4 is 4.90 Å². The van der Waals surface area contributed by atoms with Crippen LogP contribution in [0, 0.1) is 0 Å². The Balaban J connectivity index is 2.13. The number of carbonyl (C=O) groups excluding carboxylic acids is 1. The molecule has 1 heterocycles. The minimum Gasteiger partial charge on any atom is -0.394 e. The van der Waals surface area contributed by atoms with Gasteiger partial charge in [-0.1, -0.05) is 25.4 Å². The predicted molar refractivity (Wildman–Crippen MR) is 85.9 cm³/mol. The zero-order chi connectivity index (χ0) is 15.6. The van der Waals surface area contributed by atoms with Crippen LogP contribution in [0.15, 0.2) is 18.2 Å². The van der Waals surface area contributed by atoms with E-state index in [4.69, 9.17) is 11.6 Å². The molecule has 21 heavy (non-hydrogen) atoms. The van der Waals surface area contributed by atoms with E-state index in [1.807, 2.05) is 0 Å². The van der Waals surface area contributed by atoms with Crippen LogP contribution in [-0.4, -0.2) is 58.4 Å². The summed E-state index contributed by atoms with van der Waals surface area (Å²) in [5.74, 6) is -0.302. The van der Waals surface area contributed by atoms with Gasteiger partial charge in [0.15, 0.2) is 0 Å². The molecule has 1 N–H and O–H groups in total. The second-order valence-electron chi connectivity index (χ2n) is 5.27. The zero-order valence-corrected chi connectivity index (χ0v) is 14.4. The Hall–Kier alpha value is -0.568. The fourth-order valence-electron chi connectivity index (χ4n) is 2.69. The third kappa shape index (κ3) is 3.28. The van der Waals surface area contributed by atoms with Crippen molar-refractivity contribution in [2.24, 2.45) is 0 Å². The molecule has 1 atom stereocenters. The molecule has 1 aromatic rings. The molecule has 2 radical (unpaired) electrons. The molecule has 0 saturated heterocycles. The third-order valence-corrected chi connectivity index (χ3v) is 4.77. The lowest BCUT2D eigenvalue weighted by molar-refractivity contribution is -0.128. The lowest BCUT2D eigenvalue weighted by Crippen LogP contribution is -2.41. The first-order valence-electron chi connectivity index (χ1n) is 7.27. The number of hydrogen-bond acceptors (Lipinski definition) is 3. The maximum absolute atomic E-state index is 12.4. The summed E-state index contributed by atoms with van der Waals surface area (Å²) in [7, 11) is 0. The van der Waals surface area contributed by atoms with Crippen LogP contribution in [0.3, 0.4) is 0 Å². The quantitative estimate of drug-likeness (QED) is 0.811. The summed E-state index contributed by atoms with van der Waals surface area (Å²) in [6.07, 6.45) is 0.871. The van der Waals surface area contributed by atoms with E-state index in [9.17, 15) is 9.90 Å². The number of anilines is 1. The van der Waals surface area contributed by atoms with Gasteiger partial charge in [0.2, 0.25) is 22.2 Å². The molecule has 0 bridgehead atoms. The molecule has 1 unspecified atom stereocenters. The number of rotatable bonds is 6. The van der Waals surface area contributed by atoms with Gasteiger partial charge in [-0.3, -0.25) is 4.79 Å². The Labute approximate surface area is 139 Å². The van der Waals surface area contributed by atoms with E-state index < -0.39 is 4.46 Å². The van der Waals surface area contributed by atoms with Crippen molar-refractivity contribution in [3.63, 3.8) is 0 Å². The average Bonchev–Trinajstić information content (AvgIpc) is 2.64. The van der Waals surface area contributed by atoms with Crippen LogP contribution >= 0.6 is 11.6 Å². The van der Waals surface area contributed by atoms with Gasteiger partial charge in [-0.25, -0.2) is 0 Å². The van der Waals surface area contributed by atoms with Gasteiger partial charge in [0.1, 0.15) is 0 Å². The van der Waals surface area contributed by atoms with E-state index in [1.54, 1.807) is 23.1 Å². The van der Waals surface area contributed by atoms with Crippen LogP contribution in [0.4, 0.5) is 5.69 Å². The zero-order valence-electron chi connectivity index (χ0n) is 12.5. The molecule has 0 spiro atoms. The summed E-state index contributed by atoms with van der Waals surface area (Å²) in [6, 6.07) is 5.21. The number of amides is 1. The van der Waals surface area contributed by atoms with E-state index in [-0.39, 0.29) is 5.91 Å². The number of hydrogen-bond donors (Lipinski definition) is 1. The molecule has 0 fully saturated rings. The molecule has 2 rings (SSSR count). The van der Waals surface area contributed by atoms with E-state index in [1.165, 1.54) is 0 Å². The SMILES string of the molecule is CCN(CC)CCCN1C(=O)[C](O)([Al])c2cc(Cl)ccc21. The van der Waals surface area contributed by atoms with Crippen molar-refractivity contribution in [3.05, 3.63) is 28.8 Å². The van der Waals surface area contributed by atoms with Gasteiger partial charge < -0.3 is 14.9 Å². The van der Waals surface area contributed by atoms with Gasteiger partial charge in [-0.05, 0) is 44.3 Å². The van der Waals surface area contributed by atoms with E-state index in [2.05, 4.69) is 35.0 Å². The highest BCUT2D eigenvalue weighted by molar-refractivity contribution is 6.34. The Morgan fingerprint density at radius 3 is 2.67 bits per heavy atom. The molecule has 1 amide bonds. The van der Waals surface area contributed by atoms with Gasteiger partial charge in [0.25, 0.3) is 0 Å². The number of benzene rings is 1. The molecule has 0 aliphatic carbocycles. The van der Waals surface area contributed by atoms with Crippen molar-refractivity contribution in [2.75, 3.05) is 31.1 Å². The highest BCUT2D eigenvalue weighted by Gasteiger charge is 2.44. The van der Waals surface area contributed by atoms with Crippen LogP contribution in [0.5, 0.6) is 0 Å². The maximum Gasteiger partial charge on any atom is 0.245 e. The van der Waals surface area contributed by atoms with Crippen LogP contribution in [-0.2, 0) is 9.26 Å². The number of nitrogens with zero attached hydrogens (tertiary/aromatic N) is 2. The van der Waals surface area contributed by atoms with Crippen molar-refractivity contribution in [3.8, 4) is 0 Å². The highest BCUT2D eigenvalue weighted by atomic mass is 35.5. The Morgan fingerprint density at radius 1 is 1.38 bits per heavy atom. The number of aliphatic hydroxyl groups is 1. The van der Waals surface area contributed by atoms with Gasteiger partial charge >= 0.3 is 0 Å². The van der Waals surface area contributed by atoms with E-state index in [0.717, 1.165) is 31.7 Å². The monoisotopic (exact) mass is 322 g/mol. The Bertz CT molecular complexity index is 532. The fraction of sp³-hybridized carbons (Fsp3) is 0.533. The lowest BCUT2D eigenvalue weighted by atomic mass is 10.1. The molecule has 0 saturated carbocycles. The van der Waals surface area contributed by atoms with Crippen molar-refractivity contribution >= 4 is 39.5 Å². The summed E-state index contributed by atoms with van der Waals surface area (Å²) >= 11 is 8.22. The summed E-state index contributed by atoms with van der Waals surface area (Å²) in [5, 5.41) is 10.9. The molecular formula is C15H20AlClN2O2. The normalized spacial score (nSPS) is 21.2. The lowest BCUT2D eigenvalue weighted by Gasteiger charge is -2.23. The molecule has 6 heteroatoms. The summed E-state index contributed by atoms with van der Waals surface area (Å²) in [4.78, 5) is 16.4. The fourth-order valence-corrected chi connectivity index (χ4v) is 3.25. The number of carbonyl (C=O) groups is 1. The summed E-state index contributed by atoms with van der Waals surface area (Å²) in [6.45, 7) is 7.80. The topological polar surface area (TPSA) is 43.8 Å². The first-order chi connectivity index (χ1) is 9.91. The minimum absolute atomic E-state index is 0.302. The maximum atomic E-state index is 12.4. The first kappa shape index (κ1) is 16.8. The second kappa shape index (κ2) is 6.68. The summed E-state index contributed by atoms with van der Waals surface area (Å²) < 4.78 is -1.56. The van der Waals surface area contributed by atoms with Crippen molar-refractivity contribution in [1.29, 1.82) is 0 Å². The molecular weight excluding hydrogens is 303 g/mol. The van der Waals surface area contributed by atoms with Gasteiger partial charge in [-0.2, -0.15) is 0 Å². The highest BCUT2D eigenvalue weighted by Crippen LogP contribution is 2.39. The molecule has 112 valence electrons. The summed E-state index contributed by atoms with van der Waals surface area (Å²) in [5.41, 5.74) is 1.31. The van der Waals surface area contributed by atoms with E-state index >= 15 is 0 Å². The van der Waals surface area contributed by atoms with Crippen molar-refractivity contribution < 1.29 is 9.90 Å². The number of fused-ring (bicyclic) bond motifs is 1. The van der Waals surface area contributed by atoms with Gasteiger partial charge in [0.05, 0.1) is 4.46 Å². The Kier molecular flexibility index (Phi) is 5.35. The molecule has 1 aliphatic rings. The molecule has 1 aromatic carbocycles. The van der Waals surface area contributed by atoms with E-state index in [0.29, 0.717) is 17.1 Å². The average molecular weight is 323 g/mol. The second-order valence-corrected chi connectivity index (χ2v) is 6.54. The Morgan fingerprint density at radius 2 is 2.05 bits per heavy atom. The van der Waals surface area contributed by atoms with Gasteiger partial charge in [-0.15, -0.1) is 0 Å². The van der Waals surface area contributed by atoms with Gasteiger partial charge in [0, 0.05) is 22.8 Å². The predicted octanol–water partition coefficient (Wildman–Crippen LogP) is 1.73. The number of halogens is 1. The van der Waals surface area contributed by atoms with Crippen molar-refractivity contribution in [2.45, 2.75) is 24.7 Å². The smallest absolute Gasteiger partial charge is 0.245 e. The standard InChI is InChI=1S/C15H20ClN2O2.Al/c1-3-17(4-2)8-5-9-18-13-7-6-11(16)10-12(13)14(19)15(18)20;/h6-7,10,19H,3-5,8-9H2,1-2H3;.